The summed E-state index contributed by atoms with van der Waals surface area (Å²) in [5.41, 5.74) is -0.766. The van der Waals surface area contributed by atoms with Gasteiger partial charge in [0, 0.05) is 49.0 Å². The maximum Gasteiger partial charge on any atom is 0.241 e. The monoisotopic (exact) mass is 473 g/mol. The standard InChI is InChI=1S/C25H32ClN3O4/c1-16(2)28(15-17-11-12-21(30)27-17)22(31)13-25(19-9-5-6-10-20(19)26)14-23(32)29(24(25)33)18-7-3-4-8-18/h5-6,9-10,16-18H,3-4,7-8,11-15H2,1-2H3,(H,27,30). The third-order valence-corrected chi connectivity index (χ3v) is 7.66. The second kappa shape index (κ2) is 9.45. The second-order valence-corrected chi connectivity index (χ2v) is 10.3. The smallest absolute Gasteiger partial charge is 0.241 e. The number of nitrogens with one attached hydrogen (secondary N) is 1. The van der Waals surface area contributed by atoms with Gasteiger partial charge >= 0.3 is 0 Å². The van der Waals surface area contributed by atoms with Gasteiger partial charge in [0.1, 0.15) is 0 Å². The zero-order valence-corrected chi connectivity index (χ0v) is 20.1. The van der Waals surface area contributed by atoms with Crippen LogP contribution in [0, 0.1) is 0 Å². The molecule has 0 aromatic heterocycles. The van der Waals surface area contributed by atoms with Gasteiger partial charge in [0.05, 0.1) is 5.41 Å². The van der Waals surface area contributed by atoms with E-state index in [1.807, 2.05) is 13.8 Å². The summed E-state index contributed by atoms with van der Waals surface area (Å²) >= 11 is 6.54. The van der Waals surface area contributed by atoms with Crippen LogP contribution >= 0.6 is 11.6 Å². The SMILES string of the molecule is CC(C)N(CC1CCC(=O)N1)C(=O)CC1(c2ccccc2Cl)CC(=O)N(C2CCCC2)C1=O. The molecule has 2 heterocycles. The molecule has 1 aromatic carbocycles. The Balaban J connectivity index is 1.66. The minimum absolute atomic E-state index is 0.00698. The van der Waals surface area contributed by atoms with E-state index in [1.165, 1.54) is 4.90 Å². The highest BCUT2D eigenvalue weighted by Gasteiger charge is 2.56. The van der Waals surface area contributed by atoms with E-state index >= 15 is 0 Å². The van der Waals surface area contributed by atoms with E-state index < -0.39 is 5.41 Å². The maximum atomic E-state index is 13.9. The summed E-state index contributed by atoms with van der Waals surface area (Å²) in [4.78, 5) is 55.5. The highest BCUT2D eigenvalue weighted by molar-refractivity contribution is 6.32. The number of hydrogen-bond acceptors (Lipinski definition) is 4. The number of carbonyl (C=O) groups is 4. The van der Waals surface area contributed by atoms with Gasteiger partial charge in [-0.15, -0.1) is 0 Å². The summed E-state index contributed by atoms with van der Waals surface area (Å²) in [5, 5.41) is 3.30. The minimum atomic E-state index is -1.30. The molecule has 3 aliphatic rings. The predicted molar refractivity (Wildman–Crippen MR) is 124 cm³/mol. The number of amides is 4. The fourth-order valence-electron chi connectivity index (χ4n) is 5.60. The zero-order chi connectivity index (χ0) is 23.8. The topological polar surface area (TPSA) is 86.8 Å². The Labute approximate surface area is 199 Å². The van der Waals surface area contributed by atoms with Crippen LogP contribution in [0.5, 0.6) is 0 Å². The minimum Gasteiger partial charge on any atom is -0.352 e. The van der Waals surface area contributed by atoms with Gasteiger partial charge < -0.3 is 10.2 Å². The van der Waals surface area contributed by atoms with Crippen LogP contribution in [-0.2, 0) is 24.6 Å². The molecule has 4 amide bonds. The van der Waals surface area contributed by atoms with Crippen molar-refractivity contribution in [1.82, 2.24) is 15.1 Å². The molecule has 1 saturated carbocycles. The van der Waals surface area contributed by atoms with Crippen LogP contribution in [0.2, 0.25) is 5.02 Å². The molecule has 0 spiro atoms. The molecule has 1 N–H and O–H groups in total. The first kappa shape index (κ1) is 23.7. The molecule has 0 radical (unpaired) electrons. The lowest BCUT2D eigenvalue weighted by atomic mass is 9.75. The van der Waals surface area contributed by atoms with Crippen molar-refractivity contribution in [2.75, 3.05) is 6.54 Å². The number of rotatable bonds is 7. The number of imide groups is 1. The van der Waals surface area contributed by atoms with Crippen molar-refractivity contribution >= 4 is 35.2 Å². The summed E-state index contributed by atoms with van der Waals surface area (Å²) < 4.78 is 0. The number of halogens is 1. The lowest BCUT2D eigenvalue weighted by molar-refractivity contribution is -0.145. The van der Waals surface area contributed by atoms with Crippen LogP contribution in [-0.4, -0.2) is 58.1 Å². The summed E-state index contributed by atoms with van der Waals surface area (Å²) in [6.07, 6.45) is 4.57. The van der Waals surface area contributed by atoms with Crippen molar-refractivity contribution in [1.29, 1.82) is 0 Å². The van der Waals surface area contributed by atoms with Crippen molar-refractivity contribution < 1.29 is 19.2 Å². The maximum absolute atomic E-state index is 13.9. The van der Waals surface area contributed by atoms with Crippen LogP contribution in [0.15, 0.2) is 24.3 Å². The normalized spacial score (nSPS) is 25.9. The van der Waals surface area contributed by atoms with E-state index in [0.717, 1.165) is 25.7 Å². The lowest BCUT2D eigenvalue weighted by Gasteiger charge is -2.34. The van der Waals surface area contributed by atoms with Crippen molar-refractivity contribution in [2.24, 2.45) is 0 Å². The second-order valence-electron chi connectivity index (χ2n) is 9.87. The fraction of sp³-hybridized carbons (Fsp3) is 0.600. The first-order valence-electron chi connectivity index (χ1n) is 11.9. The number of nitrogens with zero attached hydrogens (tertiary/aromatic N) is 2. The van der Waals surface area contributed by atoms with Gasteiger partial charge in [-0.2, -0.15) is 0 Å². The molecule has 1 aliphatic carbocycles. The number of benzene rings is 1. The average Bonchev–Trinajstić information content (AvgIpc) is 3.47. The van der Waals surface area contributed by atoms with Gasteiger partial charge in [-0.1, -0.05) is 42.6 Å². The summed E-state index contributed by atoms with van der Waals surface area (Å²) in [6.45, 7) is 4.22. The number of hydrogen-bond donors (Lipinski definition) is 1. The molecule has 2 unspecified atom stereocenters. The molecule has 8 heteroatoms. The molecule has 178 valence electrons. The van der Waals surface area contributed by atoms with Crippen molar-refractivity contribution in [3.8, 4) is 0 Å². The average molecular weight is 474 g/mol. The third kappa shape index (κ3) is 4.52. The van der Waals surface area contributed by atoms with Crippen LogP contribution in [0.4, 0.5) is 0 Å². The van der Waals surface area contributed by atoms with E-state index in [0.29, 0.717) is 30.0 Å². The van der Waals surface area contributed by atoms with Crippen LogP contribution in [0.3, 0.4) is 0 Å². The van der Waals surface area contributed by atoms with Gasteiger partial charge in [-0.3, -0.25) is 24.1 Å². The Morgan fingerprint density at radius 3 is 2.48 bits per heavy atom. The van der Waals surface area contributed by atoms with Crippen LogP contribution in [0.25, 0.3) is 0 Å². The molecule has 0 bridgehead atoms. The van der Waals surface area contributed by atoms with Crippen LogP contribution in [0.1, 0.15) is 70.8 Å². The Bertz CT molecular complexity index is 959. The van der Waals surface area contributed by atoms with Gasteiger partial charge in [-0.25, -0.2) is 0 Å². The van der Waals surface area contributed by atoms with E-state index in [9.17, 15) is 19.2 Å². The Morgan fingerprint density at radius 1 is 1.18 bits per heavy atom. The van der Waals surface area contributed by atoms with Gasteiger partial charge in [0.2, 0.25) is 23.6 Å². The molecule has 4 rings (SSSR count). The molecule has 2 saturated heterocycles. The van der Waals surface area contributed by atoms with Crippen molar-refractivity contribution in [2.45, 2.75) is 88.8 Å². The molecule has 1 aromatic rings. The first-order valence-corrected chi connectivity index (χ1v) is 12.3. The van der Waals surface area contributed by atoms with E-state index in [4.69, 9.17) is 11.6 Å². The lowest BCUT2D eigenvalue weighted by Crippen LogP contribution is -2.49. The summed E-state index contributed by atoms with van der Waals surface area (Å²) in [5.74, 6) is -0.745. The van der Waals surface area contributed by atoms with Gasteiger partial charge in [0.25, 0.3) is 0 Å². The largest absolute Gasteiger partial charge is 0.352 e. The Hall–Kier alpha value is -2.41. The Kier molecular flexibility index (Phi) is 6.80. The number of likely N-dealkylation sites (tertiary alicyclic amines) is 1. The molecule has 7 nitrogen and oxygen atoms in total. The van der Waals surface area contributed by atoms with E-state index in [-0.39, 0.29) is 54.6 Å². The van der Waals surface area contributed by atoms with E-state index in [2.05, 4.69) is 5.32 Å². The quantitative estimate of drug-likeness (QED) is 0.616. The van der Waals surface area contributed by atoms with Gasteiger partial charge in [-0.05, 0) is 44.7 Å². The summed E-state index contributed by atoms with van der Waals surface area (Å²) in [7, 11) is 0. The molecular formula is C25H32ClN3O4. The third-order valence-electron chi connectivity index (χ3n) is 7.33. The first-order chi connectivity index (χ1) is 15.7. The highest BCUT2D eigenvalue weighted by atomic mass is 35.5. The fourth-order valence-corrected chi connectivity index (χ4v) is 5.92. The molecule has 2 aliphatic heterocycles. The van der Waals surface area contributed by atoms with Crippen molar-refractivity contribution in [3.05, 3.63) is 34.9 Å². The molecule has 3 fully saturated rings. The molecular weight excluding hydrogens is 442 g/mol. The zero-order valence-electron chi connectivity index (χ0n) is 19.3. The number of carbonyl (C=O) groups excluding carboxylic acids is 4. The highest BCUT2D eigenvalue weighted by Crippen LogP contribution is 2.45. The van der Waals surface area contributed by atoms with E-state index in [1.54, 1.807) is 29.2 Å². The molecule has 33 heavy (non-hydrogen) atoms. The van der Waals surface area contributed by atoms with Crippen molar-refractivity contribution in [3.63, 3.8) is 0 Å². The van der Waals surface area contributed by atoms with Gasteiger partial charge in [0.15, 0.2) is 0 Å². The predicted octanol–water partition coefficient (Wildman–Crippen LogP) is 3.19. The summed E-state index contributed by atoms with van der Waals surface area (Å²) in [6, 6.07) is 6.72. The molecule has 2 atom stereocenters. The Morgan fingerprint density at radius 2 is 1.88 bits per heavy atom. The van der Waals surface area contributed by atoms with Crippen LogP contribution < -0.4 is 5.32 Å².